The van der Waals surface area contributed by atoms with Gasteiger partial charge in [-0.3, -0.25) is 0 Å². The summed E-state index contributed by atoms with van der Waals surface area (Å²) in [5.74, 6) is -2.38. The van der Waals surface area contributed by atoms with Gasteiger partial charge < -0.3 is 25.2 Å². The fourth-order valence-corrected chi connectivity index (χ4v) is 4.34. The molecule has 0 aromatic heterocycles. The topological polar surface area (TPSA) is 121 Å². The molecule has 0 atom stereocenters. The van der Waals surface area contributed by atoms with Gasteiger partial charge in [-0.25, -0.2) is 4.79 Å². The first kappa shape index (κ1) is 37.2. The number of phenols is 1. The Hall–Kier alpha value is -1.76. The molecule has 0 spiro atoms. The van der Waals surface area contributed by atoms with Gasteiger partial charge in [0.1, 0.15) is 5.75 Å². The van der Waals surface area contributed by atoms with E-state index >= 15 is 0 Å². The van der Waals surface area contributed by atoms with Crippen molar-refractivity contribution in [2.24, 2.45) is 0 Å². The quantitative estimate of drug-likeness (QED) is 0.159. The predicted molar refractivity (Wildman–Crippen MR) is 154 cm³/mol. The molecule has 0 saturated carbocycles. The summed E-state index contributed by atoms with van der Waals surface area (Å²) in [6.45, 7) is 4.41. The van der Waals surface area contributed by atoms with Crippen LogP contribution >= 0.6 is 0 Å². The van der Waals surface area contributed by atoms with Gasteiger partial charge in [0.15, 0.2) is 0 Å². The largest absolute Gasteiger partial charge is 2.00 e. The van der Waals surface area contributed by atoms with Crippen LogP contribution in [0.5, 0.6) is 11.5 Å². The number of hydrogen-bond donors (Lipinski definition) is 2. The maximum Gasteiger partial charge on any atom is 2.00 e. The van der Waals surface area contributed by atoms with E-state index in [2.05, 4.69) is 13.8 Å². The Kier molecular flexibility index (Phi) is 22.0. The van der Waals surface area contributed by atoms with Crippen LogP contribution in [0.2, 0.25) is 0 Å². The zero-order valence-corrected chi connectivity index (χ0v) is 26.2. The summed E-state index contributed by atoms with van der Waals surface area (Å²) < 4.78 is 0. The van der Waals surface area contributed by atoms with Gasteiger partial charge in [0, 0.05) is 0 Å². The number of unbranched alkanes of at least 4 members (excludes halogenated alkanes) is 12. The van der Waals surface area contributed by atoms with Crippen molar-refractivity contribution in [3.05, 3.63) is 58.7 Å². The number of rotatable bonds is 18. The molecule has 0 fully saturated rings. The van der Waals surface area contributed by atoms with E-state index in [1.165, 1.54) is 82.8 Å². The van der Waals surface area contributed by atoms with E-state index in [1.54, 1.807) is 18.2 Å². The molecule has 0 aliphatic rings. The van der Waals surface area contributed by atoms with Crippen LogP contribution < -0.4 is 10.2 Å². The van der Waals surface area contributed by atoms with Crippen LogP contribution in [-0.4, -0.2) is 59.9 Å². The molecule has 0 bridgehead atoms. The Morgan fingerprint density at radius 2 is 1.10 bits per heavy atom. The van der Waals surface area contributed by atoms with E-state index in [4.69, 9.17) is 5.11 Å². The minimum atomic E-state index is -1.29. The van der Waals surface area contributed by atoms with Crippen molar-refractivity contribution in [1.29, 1.82) is 0 Å². The first-order valence-corrected chi connectivity index (χ1v) is 14.4. The molecule has 6 nitrogen and oxygen atoms in total. The number of aryl methyl sites for hydroxylation is 2. The number of carboxylic acids is 2. The molecule has 0 aliphatic heterocycles. The molecule has 0 saturated heterocycles. The monoisotopic (exact) mass is 566 g/mol. The second-order valence-corrected chi connectivity index (χ2v) is 10.0. The van der Waals surface area contributed by atoms with Gasteiger partial charge in [-0.15, -0.1) is 5.75 Å². The average molecular weight is 567 g/mol. The summed E-state index contributed by atoms with van der Waals surface area (Å²) in [6.07, 6.45) is 18.7. The Morgan fingerprint density at radius 1 is 0.667 bits per heavy atom. The minimum absolute atomic E-state index is 0. The van der Waals surface area contributed by atoms with Crippen molar-refractivity contribution in [1.82, 2.24) is 0 Å². The molecule has 2 aromatic carbocycles. The molecule has 7 heteroatoms. The fraction of sp³-hybridized carbons (Fsp3) is 0.562. The van der Waals surface area contributed by atoms with Crippen molar-refractivity contribution in [2.75, 3.05) is 0 Å². The standard InChI is InChI=1S/2C16H24O3.Ca/c2*1-2-3-4-5-6-7-8-9-13-10-11-14(16(18)19)12-15(13)17;/h2*10-12,17H,2-9H2,1H3,(H,18,19);/q;;+2/p-2. The Bertz CT molecular complexity index is 882. The zero-order valence-electron chi connectivity index (χ0n) is 24.0. The third kappa shape index (κ3) is 16.8. The van der Waals surface area contributed by atoms with Crippen LogP contribution in [0.1, 0.15) is 136 Å². The average Bonchev–Trinajstić information content (AvgIpc) is 2.89. The zero-order chi connectivity index (χ0) is 28.2. The Morgan fingerprint density at radius 3 is 1.54 bits per heavy atom. The van der Waals surface area contributed by atoms with Crippen LogP contribution in [0.15, 0.2) is 36.4 Å². The first-order chi connectivity index (χ1) is 18.3. The van der Waals surface area contributed by atoms with E-state index in [9.17, 15) is 24.9 Å². The van der Waals surface area contributed by atoms with E-state index < -0.39 is 11.9 Å². The third-order valence-corrected chi connectivity index (χ3v) is 6.73. The fourth-order valence-electron chi connectivity index (χ4n) is 4.34. The molecule has 212 valence electrons. The van der Waals surface area contributed by atoms with Crippen molar-refractivity contribution < 1.29 is 30.0 Å². The molecular formula is C32H46CaO6. The van der Waals surface area contributed by atoms with Gasteiger partial charge in [0.05, 0.1) is 11.5 Å². The summed E-state index contributed by atoms with van der Waals surface area (Å²) in [5.41, 5.74) is 1.66. The number of carbonyl (C=O) groups excluding carboxylic acids is 1. The Balaban J connectivity index is 0.000000722. The Labute approximate surface area is 264 Å². The summed E-state index contributed by atoms with van der Waals surface area (Å²) in [7, 11) is 0. The van der Waals surface area contributed by atoms with Crippen LogP contribution in [0, 0.1) is 0 Å². The van der Waals surface area contributed by atoms with Gasteiger partial charge in [-0.05, 0) is 48.9 Å². The number of aromatic carboxylic acids is 2. The summed E-state index contributed by atoms with van der Waals surface area (Å²) in [5, 5.41) is 40.8. The number of hydrogen-bond acceptors (Lipinski definition) is 5. The molecular weight excluding hydrogens is 520 g/mol. The van der Waals surface area contributed by atoms with Crippen molar-refractivity contribution in [3.8, 4) is 11.5 Å². The van der Waals surface area contributed by atoms with Gasteiger partial charge >= 0.3 is 43.7 Å². The summed E-state index contributed by atoms with van der Waals surface area (Å²) in [6, 6.07) is 8.83. The second-order valence-electron chi connectivity index (χ2n) is 10.0. The van der Waals surface area contributed by atoms with Gasteiger partial charge in [0.2, 0.25) is 0 Å². The van der Waals surface area contributed by atoms with Crippen LogP contribution in [-0.2, 0) is 12.8 Å². The SMILES string of the molecule is CCCCCCCCCc1ccc(C(=O)O)cc1O.CCCCCCCCCc1ccc(C(=O)[O-])cc1[O-].[Ca+2]. The predicted octanol–water partition coefficient (Wildman–Crippen LogP) is 6.42. The smallest absolute Gasteiger partial charge is 0.872 e. The number of aromatic hydroxyl groups is 1. The van der Waals surface area contributed by atoms with Gasteiger partial charge in [-0.2, -0.15) is 0 Å². The number of carboxylic acid groups (broad SMARTS) is 2. The molecule has 39 heavy (non-hydrogen) atoms. The summed E-state index contributed by atoms with van der Waals surface area (Å²) in [4.78, 5) is 21.3. The molecule has 0 unspecified atom stereocenters. The van der Waals surface area contributed by atoms with E-state index in [1.807, 2.05) is 0 Å². The number of phenolic OH excluding ortho intramolecular Hbond substituents is 1. The molecule has 0 amide bonds. The van der Waals surface area contributed by atoms with Gasteiger partial charge in [0.25, 0.3) is 0 Å². The minimum Gasteiger partial charge on any atom is -0.872 e. The van der Waals surface area contributed by atoms with Crippen molar-refractivity contribution in [2.45, 2.75) is 117 Å². The third-order valence-electron chi connectivity index (χ3n) is 6.73. The molecule has 2 N–H and O–H groups in total. The van der Waals surface area contributed by atoms with Crippen LogP contribution in [0.4, 0.5) is 0 Å². The van der Waals surface area contributed by atoms with Crippen molar-refractivity contribution in [3.63, 3.8) is 0 Å². The van der Waals surface area contributed by atoms with Crippen molar-refractivity contribution >= 4 is 49.7 Å². The normalized spacial score (nSPS) is 10.3. The first-order valence-electron chi connectivity index (χ1n) is 14.4. The molecule has 0 aliphatic carbocycles. The van der Waals surface area contributed by atoms with Crippen LogP contribution in [0.25, 0.3) is 0 Å². The number of benzene rings is 2. The van der Waals surface area contributed by atoms with Gasteiger partial charge in [-0.1, -0.05) is 121 Å². The maximum absolute atomic E-state index is 11.7. The second kappa shape index (κ2) is 23.0. The van der Waals surface area contributed by atoms with E-state index in [-0.39, 0.29) is 60.4 Å². The molecule has 2 rings (SSSR count). The summed E-state index contributed by atoms with van der Waals surface area (Å²) >= 11 is 0. The molecule has 0 heterocycles. The maximum atomic E-state index is 11.7. The van der Waals surface area contributed by atoms with E-state index in [0.29, 0.717) is 5.56 Å². The molecule has 0 radical (unpaired) electrons. The molecule has 2 aromatic rings. The number of carbonyl (C=O) groups is 2. The van der Waals surface area contributed by atoms with Crippen LogP contribution in [0.3, 0.4) is 0 Å². The van der Waals surface area contributed by atoms with E-state index in [0.717, 1.165) is 43.7 Å².